The second-order valence-electron chi connectivity index (χ2n) is 1.60. The summed E-state index contributed by atoms with van der Waals surface area (Å²) in [5.74, 6) is -1.44. The molecule has 8 heavy (non-hydrogen) atoms. The maximum atomic E-state index is 11.9. The third-order valence-corrected chi connectivity index (χ3v) is 0.857. The zero-order valence-corrected chi connectivity index (χ0v) is 4.56. The number of carboxylic acid groups (broad SMARTS) is 1. The molecule has 0 saturated heterocycles. The smallest absolute Gasteiger partial charge is 0.156 e. The van der Waals surface area contributed by atoms with Gasteiger partial charge in [-0.25, -0.2) is 4.39 Å². The van der Waals surface area contributed by atoms with Gasteiger partial charge in [-0.2, -0.15) is 0 Å². The first-order valence-corrected chi connectivity index (χ1v) is 2.23. The number of rotatable bonds is 2. The van der Waals surface area contributed by atoms with Crippen molar-refractivity contribution in [2.24, 2.45) is 0 Å². The van der Waals surface area contributed by atoms with Crippen LogP contribution in [-0.2, 0) is 4.79 Å². The Morgan fingerprint density at radius 1 is 1.88 bits per heavy atom. The van der Waals surface area contributed by atoms with Gasteiger partial charge >= 0.3 is 0 Å². The molecule has 0 unspecified atom stereocenters. The lowest BCUT2D eigenvalue weighted by molar-refractivity contribution is -0.446. The van der Waals surface area contributed by atoms with E-state index < -0.39 is 18.2 Å². The number of carbonyl (C=O) groups excluding carboxylic acids is 1. The van der Waals surface area contributed by atoms with E-state index >= 15 is 0 Å². The summed E-state index contributed by atoms with van der Waals surface area (Å²) in [6.07, 6.45) is -1.43. The van der Waals surface area contributed by atoms with Gasteiger partial charge in [-0.15, -0.1) is 0 Å². The highest BCUT2D eigenvalue weighted by molar-refractivity contribution is 5.69. The van der Waals surface area contributed by atoms with Crippen LogP contribution < -0.4 is 10.8 Å². The second-order valence-corrected chi connectivity index (χ2v) is 1.60. The van der Waals surface area contributed by atoms with Crippen LogP contribution in [0.2, 0.25) is 0 Å². The Labute approximate surface area is 46.3 Å². The van der Waals surface area contributed by atoms with Crippen molar-refractivity contribution in [3.63, 3.8) is 0 Å². The molecule has 0 aliphatic heterocycles. The Kier molecular flexibility index (Phi) is 2.41. The van der Waals surface area contributed by atoms with Gasteiger partial charge in [-0.1, -0.05) is 0 Å². The van der Waals surface area contributed by atoms with E-state index in [2.05, 4.69) is 5.73 Å². The lowest BCUT2D eigenvalue weighted by atomic mass is 10.2. The highest BCUT2D eigenvalue weighted by atomic mass is 19.1. The molecule has 0 heterocycles. The fraction of sp³-hybridized carbons (Fsp3) is 0.750. The van der Waals surface area contributed by atoms with E-state index in [1.54, 1.807) is 0 Å². The van der Waals surface area contributed by atoms with Crippen molar-refractivity contribution in [1.82, 2.24) is 0 Å². The molecule has 0 fully saturated rings. The predicted molar refractivity (Wildman–Crippen MR) is 22.3 cm³/mol. The zero-order chi connectivity index (χ0) is 6.73. The minimum atomic E-state index is -1.44. The van der Waals surface area contributed by atoms with Crippen LogP contribution in [0.1, 0.15) is 6.92 Å². The molecule has 0 rings (SSSR count). The van der Waals surface area contributed by atoms with Crippen LogP contribution in [-0.4, -0.2) is 18.2 Å². The quantitative estimate of drug-likeness (QED) is 0.446. The van der Waals surface area contributed by atoms with Crippen LogP contribution in [0.3, 0.4) is 0 Å². The third-order valence-electron chi connectivity index (χ3n) is 0.857. The molecule has 0 saturated carbocycles. The lowest BCUT2D eigenvalue weighted by Gasteiger charge is -2.08. The molecule has 2 atom stereocenters. The molecule has 0 radical (unpaired) electrons. The van der Waals surface area contributed by atoms with Gasteiger partial charge in [0, 0.05) is 0 Å². The molecule has 4 heteroatoms. The molecule has 0 aromatic carbocycles. The Morgan fingerprint density at radius 3 is 2.25 bits per heavy atom. The van der Waals surface area contributed by atoms with Gasteiger partial charge in [-0.05, 0) is 6.92 Å². The number of hydrogen-bond acceptors (Lipinski definition) is 2. The second kappa shape index (κ2) is 2.61. The van der Waals surface area contributed by atoms with E-state index in [0.717, 1.165) is 6.92 Å². The summed E-state index contributed by atoms with van der Waals surface area (Å²) in [7, 11) is 0. The molecule has 0 amide bonds. The monoisotopic (exact) mass is 121 g/mol. The van der Waals surface area contributed by atoms with Crippen molar-refractivity contribution in [2.45, 2.75) is 19.1 Å². The summed E-state index contributed by atoms with van der Waals surface area (Å²) in [6, 6.07) is -1.24. The van der Waals surface area contributed by atoms with Crippen molar-refractivity contribution in [2.75, 3.05) is 0 Å². The topological polar surface area (TPSA) is 67.8 Å². The Morgan fingerprint density at radius 2 is 2.25 bits per heavy atom. The predicted octanol–water partition coefficient (Wildman–Crippen LogP) is -2.30. The zero-order valence-electron chi connectivity index (χ0n) is 4.56. The Balaban J connectivity index is 3.64. The minimum absolute atomic E-state index is 1.13. The molecule has 0 aliphatic carbocycles. The van der Waals surface area contributed by atoms with E-state index in [1.165, 1.54) is 0 Å². The largest absolute Gasteiger partial charge is 0.544 e. The molecule has 48 valence electrons. The molecular weight excluding hydrogens is 113 g/mol. The van der Waals surface area contributed by atoms with Crippen LogP contribution in [0.4, 0.5) is 4.39 Å². The maximum Gasteiger partial charge on any atom is 0.156 e. The number of hydrogen-bond donors (Lipinski definition) is 1. The van der Waals surface area contributed by atoms with E-state index in [4.69, 9.17) is 0 Å². The van der Waals surface area contributed by atoms with Crippen molar-refractivity contribution in [3.8, 4) is 0 Å². The van der Waals surface area contributed by atoms with Gasteiger partial charge in [0.05, 0.1) is 0 Å². The summed E-state index contributed by atoms with van der Waals surface area (Å²) >= 11 is 0. The first kappa shape index (κ1) is 7.36. The number of halogens is 1. The lowest BCUT2D eigenvalue weighted by Crippen LogP contribution is -2.71. The average molecular weight is 121 g/mol. The van der Waals surface area contributed by atoms with Crippen LogP contribution in [0, 0.1) is 0 Å². The molecule has 0 aromatic heterocycles. The van der Waals surface area contributed by atoms with Crippen molar-refractivity contribution < 1.29 is 20.0 Å². The fourth-order valence-corrected chi connectivity index (χ4v) is 0.188. The van der Waals surface area contributed by atoms with Crippen molar-refractivity contribution in [1.29, 1.82) is 0 Å². The highest BCUT2D eigenvalue weighted by Gasteiger charge is 2.14. The maximum absolute atomic E-state index is 11.9. The van der Waals surface area contributed by atoms with Crippen LogP contribution in [0.25, 0.3) is 0 Å². The van der Waals surface area contributed by atoms with Gasteiger partial charge in [-0.3, -0.25) is 0 Å². The first-order chi connectivity index (χ1) is 3.55. The van der Waals surface area contributed by atoms with E-state index in [-0.39, 0.29) is 0 Å². The number of aliphatic carboxylic acids is 1. The van der Waals surface area contributed by atoms with E-state index in [1.807, 2.05) is 0 Å². The van der Waals surface area contributed by atoms with Crippen LogP contribution in [0.5, 0.6) is 0 Å². The van der Waals surface area contributed by atoms with Crippen LogP contribution >= 0.6 is 0 Å². The molecule has 0 bridgehead atoms. The number of alkyl halides is 1. The summed E-state index contributed by atoms with van der Waals surface area (Å²) in [6.45, 7) is 1.13. The fourth-order valence-electron chi connectivity index (χ4n) is 0.188. The average Bonchev–Trinajstić information content (AvgIpc) is 1.64. The van der Waals surface area contributed by atoms with Gasteiger partial charge in [0.1, 0.15) is 5.97 Å². The Bertz CT molecular complexity index is 94.0. The summed E-state index contributed by atoms with van der Waals surface area (Å²) in [5, 5.41) is 9.73. The number of carboxylic acids is 1. The molecular formula is C4H8FNO2. The highest BCUT2D eigenvalue weighted by Crippen LogP contribution is 1.89. The molecule has 0 aromatic rings. The van der Waals surface area contributed by atoms with Crippen molar-refractivity contribution in [3.05, 3.63) is 0 Å². The standard InChI is InChI=1S/C4H8FNO2/c1-2(5)3(6)4(7)8/h2-3H,6H2,1H3,(H,7,8)/t2-,3+/m1/s1. The first-order valence-electron chi connectivity index (χ1n) is 2.23. The van der Waals surface area contributed by atoms with Gasteiger partial charge in [0.25, 0.3) is 0 Å². The molecule has 0 aliphatic rings. The number of quaternary nitrogens is 1. The minimum Gasteiger partial charge on any atom is -0.544 e. The molecule has 3 N–H and O–H groups in total. The summed E-state index contributed by atoms with van der Waals surface area (Å²) in [4.78, 5) is 9.73. The van der Waals surface area contributed by atoms with Gasteiger partial charge in [0.2, 0.25) is 0 Å². The van der Waals surface area contributed by atoms with Crippen molar-refractivity contribution >= 4 is 5.97 Å². The normalized spacial score (nSPS) is 17.4. The van der Waals surface area contributed by atoms with Gasteiger partial charge < -0.3 is 15.6 Å². The van der Waals surface area contributed by atoms with Gasteiger partial charge in [0.15, 0.2) is 12.2 Å². The van der Waals surface area contributed by atoms with E-state index in [9.17, 15) is 14.3 Å². The van der Waals surface area contributed by atoms with Crippen LogP contribution in [0.15, 0.2) is 0 Å². The SMILES string of the molecule is C[C@@H](F)[C@H]([NH3+])C(=O)[O-]. The molecule has 0 spiro atoms. The van der Waals surface area contributed by atoms with E-state index in [0.29, 0.717) is 0 Å². The summed E-state index contributed by atoms with van der Waals surface area (Å²) in [5.41, 5.74) is 3.00. The Hall–Kier alpha value is -0.640. The third kappa shape index (κ3) is 1.88. The summed E-state index contributed by atoms with van der Waals surface area (Å²) < 4.78 is 11.9. The molecule has 3 nitrogen and oxygen atoms in total. The number of carbonyl (C=O) groups is 1.